The molecule has 6 heteroatoms. The molecule has 4 nitrogen and oxygen atoms in total. The van der Waals surface area contributed by atoms with Gasteiger partial charge in [-0.3, -0.25) is 14.6 Å². The van der Waals surface area contributed by atoms with Crippen molar-refractivity contribution in [1.82, 2.24) is 0 Å². The average Bonchev–Trinajstić information content (AvgIpc) is 2.68. The third-order valence-corrected chi connectivity index (χ3v) is 5.93. The summed E-state index contributed by atoms with van der Waals surface area (Å²) < 4.78 is 26.8. The van der Waals surface area contributed by atoms with Gasteiger partial charge in [0.2, 0.25) is 5.91 Å². The minimum atomic E-state index is -0.737. The molecule has 0 aromatic heterocycles. The summed E-state index contributed by atoms with van der Waals surface area (Å²) in [5, 5.41) is 2.81. The fraction of sp³-hybridized carbons (Fsp3) is 0.320. The first kappa shape index (κ1) is 21.1. The molecule has 0 saturated carbocycles. The van der Waals surface area contributed by atoms with E-state index in [1.807, 2.05) is 13.8 Å². The van der Waals surface area contributed by atoms with Crippen LogP contribution in [0.15, 0.2) is 64.8 Å². The van der Waals surface area contributed by atoms with Gasteiger partial charge in [0.1, 0.15) is 11.6 Å². The molecular formula is C25H24F2N2O2. The van der Waals surface area contributed by atoms with Crippen molar-refractivity contribution < 1.29 is 18.4 Å². The van der Waals surface area contributed by atoms with Crippen LogP contribution in [0.25, 0.3) is 0 Å². The maximum Gasteiger partial charge on any atom is 0.234 e. The summed E-state index contributed by atoms with van der Waals surface area (Å²) in [6.45, 7) is 5.83. The van der Waals surface area contributed by atoms with E-state index in [1.165, 1.54) is 36.4 Å². The number of allylic oxidation sites excluding steroid dienone is 2. The standard InChI is InChI=1S/C25H24F2N2O2/c1-14-21(24(31)29-18-10-8-17(27)9-11-18)22(15-4-6-16(26)7-5-15)23-19(28-14)12-25(2,3)13-20(23)30/h4-11,21-22H,12-13H2,1-3H3,(H,29,31)/t21?,22-/m1/s1. The molecule has 2 aromatic rings. The number of carbonyl (C=O) groups excluding carboxylic acids is 2. The first-order valence-electron chi connectivity index (χ1n) is 10.3. The first-order chi connectivity index (χ1) is 14.6. The Balaban J connectivity index is 1.78. The molecule has 2 aliphatic rings. The number of Topliss-reactive ketones (excluding diaryl/α,β-unsaturated/α-hetero) is 1. The number of hydrogen-bond acceptors (Lipinski definition) is 3. The second kappa shape index (κ2) is 7.84. The van der Waals surface area contributed by atoms with Crippen molar-refractivity contribution in [3.8, 4) is 0 Å². The zero-order valence-corrected chi connectivity index (χ0v) is 17.7. The second-order valence-corrected chi connectivity index (χ2v) is 9.06. The van der Waals surface area contributed by atoms with Gasteiger partial charge in [-0.2, -0.15) is 0 Å². The van der Waals surface area contributed by atoms with Gasteiger partial charge in [0.05, 0.1) is 5.92 Å². The van der Waals surface area contributed by atoms with Crippen LogP contribution in [-0.2, 0) is 9.59 Å². The van der Waals surface area contributed by atoms with Crippen molar-refractivity contribution in [2.75, 3.05) is 5.32 Å². The lowest BCUT2D eigenvalue weighted by atomic mass is 9.66. The topological polar surface area (TPSA) is 58.5 Å². The fourth-order valence-corrected chi connectivity index (χ4v) is 4.57. The summed E-state index contributed by atoms with van der Waals surface area (Å²) in [7, 11) is 0. The van der Waals surface area contributed by atoms with E-state index in [9.17, 15) is 18.4 Å². The zero-order valence-electron chi connectivity index (χ0n) is 17.7. The van der Waals surface area contributed by atoms with Crippen LogP contribution in [0.5, 0.6) is 0 Å². The number of halogens is 2. The van der Waals surface area contributed by atoms with E-state index in [2.05, 4.69) is 10.3 Å². The quantitative estimate of drug-likeness (QED) is 0.718. The minimum Gasteiger partial charge on any atom is -0.325 e. The molecular weight excluding hydrogens is 398 g/mol. The normalized spacial score (nSPS) is 22.6. The predicted octanol–water partition coefficient (Wildman–Crippen LogP) is 5.42. The summed E-state index contributed by atoms with van der Waals surface area (Å²) in [5.74, 6) is -2.45. The first-order valence-corrected chi connectivity index (χ1v) is 10.3. The van der Waals surface area contributed by atoms with Gasteiger partial charge in [-0.1, -0.05) is 26.0 Å². The Morgan fingerprint density at radius 1 is 1.00 bits per heavy atom. The zero-order chi connectivity index (χ0) is 22.3. The van der Waals surface area contributed by atoms with Crippen LogP contribution in [-0.4, -0.2) is 17.4 Å². The molecule has 0 bridgehead atoms. The Hall–Kier alpha value is -3.15. The van der Waals surface area contributed by atoms with E-state index in [0.717, 1.165) is 0 Å². The highest BCUT2D eigenvalue weighted by molar-refractivity contribution is 6.13. The Labute approximate surface area is 180 Å². The van der Waals surface area contributed by atoms with Gasteiger partial charge in [-0.05, 0) is 60.7 Å². The van der Waals surface area contributed by atoms with Crippen molar-refractivity contribution >= 4 is 23.1 Å². The van der Waals surface area contributed by atoms with E-state index in [4.69, 9.17) is 0 Å². The maximum absolute atomic E-state index is 13.6. The van der Waals surface area contributed by atoms with Gasteiger partial charge in [0.25, 0.3) is 0 Å². The fourth-order valence-electron chi connectivity index (χ4n) is 4.57. The number of benzene rings is 2. The largest absolute Gasteiger partial charge is 0.325 e. The number of carbonyl (C=O) groups is 2. The number of anilines is 1. The lowest BCUT2D eigenvalue weighted by Crippen LogP contribution is -2.41. The number of rotatable bonds is 3. The Morgan fingerprint density at radius 2 is 1.58 bits per heavy atom. The van der Waals surface area contributed by atoms with Crippen molar-refractivity contribution in [3.63, 3.8) is 0 Å². The molecule has 31 heavy (non-hydrogen) atoms. The Bertz CT molecular complexity index is 1100. The van der Waals surface area contributed by atoms with Gasteiger partial charge < -0.3 is 5.32 Å². The van der Waals surface area contributed by atoms with Crippen LogP contribution >= 0.6 is 0 Å². The predicted molar refractivity (Wildman–Crippen MR) is 116 cm³/mol. The number of aliphatic imine (C=N–C) groups is 1. The van der Waals surface area contributed by atoms with E-state index >= 15 is 0 Å². The minimum absolute atomic E-state index is 0.0311. The van der Waals surface area contributed by atoms with Gasteiger partial charge in [0, 0.05) is 35.0 Å². The molecule has 1 N–H and O–H groups in total. The molecule has 0 radical (unpaired) electrons. The van der Waals surface area contributed by atoms with E-state index < -0.39 is 17.7 Å². The molecule has 0 saturated heterocycles. The highest BCUT2D eigenvalue weighted by Crippen LogP contribution is 2.47. The molecule has 1 heterocycles. The number of nitrogens with zero attached hydrogens (tertiary/aromatic N) is 1. The molecule has 2 atom stereocenters. The summed E-state index contributed by atoms with van der Waals surface area (Å²) in [5.41, 5.74) is 2.77. The van der Waals surface area contributed by atoms with Crippen LogP contribution in [0.4, 0.5) is 14.5 Å². The number of nitrogens with one attached hydrogen (secondary N) is 1. The van der Waals surface area contributed by atoms with Gasteiger partial charge in [-0.15, -0.1) is 0 Å². The lowest BCUT2D eigenvalue weighted by Gasteiger charge is -2.39. The average molecular weight is 422 g/mol. The maximum atomic E-state index is 13.6. The van der Waals surface area contributed by atoms with E-state index in [-0.39, 0.29) is 22.9 Å². The molecule has 0 spiro atoms. The van der Waals surface area contributed by atoms with Crippen LogP contribution in [0, 0.1) is 23.0 Å². The molecule has 2 aromatic carbocycles. The van der Waals surface area contributed by atoms with E-state index in [1.54, 1.807) is 19.1 Å². The highest BCUT2D eigenvalue weighted by atomic mass is 19.1. The lowest BCUT2D eigenvalue weighted by molar-refractivity contribution is -0.119. The monoisotopic (exact) mass is 422 g/mol. The van der Waals surface area contributed by atoms with Gasteiger partial charge in [0.15, 0.2) is 5.78 Å². The van der Waals surface area contributed by atoms with Crippen LogP contribution in [0.2, 0.25) is 0 Å². The smallest absolute Gasteiger partial charge is 0.234 e. The van der Waals surface area contributed by atoms with Gasteiger partial charge in [-0.25, -0.2) is 8.78 Å². The molecule has 4 rings (SSSR count). The molecule has 160 valence electrons. The number of hydrogen-bond donors (Lipinski definition) is 1. The van der Waals surface area contributed by atoms with Crippen LogP contribution < -0.4 is 5.32 Å². The van der Waals surface area contributed by atoms with Gasteiger partial charge >= 0.3 is 0 Å². The number of ketones is 1. The highest BCUT2D eigenvalue weighted by Gasteiger charge is 2.45. The van der Waals surface area contributed by atoms with E-state index in [0.29, 0.717) is 41.1 Å². The number of amides is 1. The van der Waals surface area contributed by atoms with Crippen molar-refractivity contribution in [2.24, 2.45) is 16.3 Å². The van der Waals surface area contributed by atoms with Crippen molar-refractivity contribution in [3.05, 3.63) is 77.0 Å². The molecule has 1 aliphatic heterocycles. The summed E-state index contributed by atoms with van der Waals surface area (Å²) in [6, 6.07) is 11.4. The summed E-state index contributed by atoms with van der Waals surface area (Å²) in [4.78, 5) is 31.2. The summed E-state index contributed by atoms with van der Waals surface area (Å²) >= 11 is 0. The third kappa shape index (κ3) is 4.20. The molecule has 1 aliphatic carbocycles. The molecule has 0 fully saturated rings. The second-order valence-electron chi connectivity index (χ2n) is 9.06. The summed E-state index contributed by atoms with van der Waals surface area (Å²) in [6.07, 6.45) is 1.000. The molecule has 1 amide bonds. The third-order valence-electron chi connectivity index (χ3n) is 5.93. The SMILES string of the molecule is CC1=NC2=C(C(=O)CC(C)(C)C2)[C@H](c2ccc(F)cc2)C1C(=O)Nc1ccc(F)cc1. The van der Waals surface area contributed by atoms with Crippen molar-refractivity contribution in [1.29, 1.82) is 0 Å². The Kier molecular flexibility index (Phi) is 5.33. The molecule has 1 unspecified atom stereocenters. The van der Waals surface area contributed by atoms with Crippen LogP contribution in [0.1, 0.15) is 45.1 Å². The van der Waals surface area contributed by atoms with Crippen molar-refractivity contribution in [2.45, 2.75) is 39.5 Å². The van der Waals surface area contributed by atoms with Crippen LogP contribution in [0.3, 0.4) is 0 Å². The Morgan fingerprint density at radius 3 is 2.19 bits per heavy atom.